The zero-order valence-electron chi connectivity index (χ0n) is 14.3. The molecular weight excluding hydrogens is 302 g/mol. The summed E-state index contributed by atoms with van der Waals surface area (Å²) >= 11 is 0. The maximum atomic E-state index is 13.0. The van der Waals surface area contributed by atoms with Crippen LogP contribution in [0.25, 0.3) is 11.0 Å². The molecule has 1 aromatic carbocycles. The van der Waals surface area contributed by atoms with E-state index >= 15 is 0 Å². The highest BCUT2D eigenvalue weighted by Gasteiger charge is 2.39. The summed E-state index contributed by atoms with van der Waals surface area (Å²) in [5, 5.41) is 0. The Morgan fingerprint density at radius 2 is 1.88 bits per heavy atom. The van der Waals surface area contributed by atoms with Gasteiger partial charge in [0.05, 0.1) is 17.0 Å². The molecule has 0 bridgehead atoms. The van der Waals surface area contributed by atoms with Gasteiger partial charge in [0.15, 0.2) is 0 Å². The number of hydrogen-bond donors (Lipinski definition) is 0. The van der Waals surface area contributed by atoms with E-state index in [9.17, 15) is 9.59 Å². The molecule has 126 valence electrons. The van der Waals surface area contributed by atoms with E-state index in [2.05, 4.69) is 4.98 Å². The van der Waals surface area contributed by atoms with Gasteiger partial charge in [-0.1, -0.05) is 12.8 Å². The number of amides is 1. The van der Waals surface area contributed by atoms with Crippen molar-refractivity contribution in [2.45, 2.75) is 52.0 Å². The van der Waals surface area contributed by atoms with Gasteiger partial charge in [-0.25, -0.2) is 4.98 Å². The van der Waals surface area contributed by atoms with Crippen LogP contribution in [0.4, 0.5) is 0 Å². The van der Waals surface area contributed by atoms with E-state index in [-0.39, 0.29) is 17.7 Å². The maximum Gasteiger partial charge on any atom is 0.237 e. The summed E-state index contributed by atoms with van der Waals surface area (Å²) in [4.78, 5) is 31.6. The van der Waals surface area contributed by atoms with Crippen LogP contribution in [-0.2, 0) is 4.79 Å². The van der Waals surface area contributed by atoms with Gasteiger partial charge in [0.25, 0.3) is 0 Å². The lowest BCUT2D eigenvalue weighted by molar-refractivity contribution is -0.129. The second-order valence-corrected chi connectivity index (χ2v) is 7.26. The third kappa shape index (κ3) is 2.43. The fraction of sp³-hybridized carbons (Fsp3) is 0.526. The lowest BCUT2D eigenvalue weighted by Gasteiger charge is -2.23. The largest absolute Gasteiger partial charge is 0.339 e. The molecule has 0 radical (unpaired) electrons. The molecule has 1 unspecified atom stereocenters. The van der Waals surface area contributed by atoms with Gasteiger partial charge >= 0.3 is 0 Å². The lowest BCUT2D eigenvalue weighted by atomic mass is 10.1. The van der Waals surface area contributed by atoms with E-state index in [1.807, 2.05) is 30.9 Å². The average molecular weight is 325 g/mol. The number of nitrogens with zero attached hydrogens (tertiary/aromatic N) is 3. The summed E-state index contributed by atoms with van der Waals surface area (Å²) in [6.45, 7) is 4.65. The van der Waals surface area contributed by atoms with Gasteiger partial charge in [-0.15, -0.1) is 0 Å². The van der Waals surface area contributed by atoms with Crippen LogP contribution >= 0.6 is 0 Å². The highest BCUT2D eigenvalue weighted by Crippen LogP contribution is 2.30. The van der Waals surface area contributed by atoms with Crippen molar-refractivity contribution in [3.8, 4) is 0 Å². The Balaban J connectivity index is 1.60. The number of hydrogen-bond acceptors (Lipinski definition) is 3. The molecule has 2 aliphatic rings. The Morgan fingerprint density at radius 1 is 1.17 bits per heavy atom. The van der Waals surface area contributed by atoms with Crippen LogP contribution in [0.5, 0.6) is 0 Å². The van der Waals surface area contributed by atoms with Crippen LogP contribution in [-0.4, -0.2) is 38.9 Å². The molecule has 1 saturated heterocycles. The highest BCUT2D eigenvalue weighted by atomic mass is 16.2. The third-order valence-corrected chi connectivity index (χ3v) is 5.67. The number of carbonyl (C=O) groups excluding carboxylic acids is 2. The van der Waals surface area contributed by atoms with Crippen LogP contribution in [0, 0.1) is 19.8 Å². The minimum absolute atomic E-state index is 0.00500. The zero-order valence-corrected chi connectivity index (χ0v) is 14.3. The zero-order chi connectivity index (χ0) is 16.8. The number of fused-ring (bicyclic) bond motifs is 1. The summed E-state index contributed by atoms with van der Waals surface area (Å²) in [6.07, 6.45) is 6.49. The number of likely N-dealkylation sites (tertiary alicyclic amines) is 1. The molecular formula is C19H23N3O2. The first kappa shape index (κ1) is 15.4. The number of aryl methyl sites for hydroxylation is 2. The summed E-state index contributed by atoms with van der Waals surface area (Å²) < 4.78 is 1.64. The minimum Gasteiger partial charge on any atom is -0.339 e. The second-order valence-electron chi connectivity index (χ2n) is 7.26. The monoisotopic (exact) mass is 325 g/mol. The highest BCUT2D eigenvalue weighted by molar-refractivity contribution is 5.95. The lowest BCUT2D eigenvalue weighted by Crippen LogP contribution is -2.35. The normalized spacial score (nSPS) is 22.0. The van der Waals surface area contributed by atoms with Crippen LogP contribution < -0.4 is 0 Å². The van der Waals surface area contributed by atoms with Crippen LogP contribution in [0.15, 0.2) is 18.5 Å². The molecule has 1 saturated carbocycles. The summed E-state index contributed by atoms with van der Waals surface area (Å²) in [5.41, 5.74) is 3.99. The van der Waals surface area contributed by atoms with Gasteiger partial charge in [-0.3, -0.25) is 14.2 Å². The van der Waals surface area contributed by atoms with Crippen molar-refractivity contribution in [1.82, 2.24) is 14.5 Å². The molecule has 2 aromatic rings. The van der Waals surface area contributed by atoms with E-state index in [1.165, 1.54) is 18.4 Å². The van der Waals surface area contributed by atoms with Crippen molar-refractivity contribution < 1.29 is 9.59 Å². The van der Waals surface area contributed by atoms with Crippen LogP contribution in [0.2, 0.25) is 0 Å². The van der Waals surface area contributed by atoms with E-state index in [0.717, 1.165) is 29.4 Å². The summed E-state index contributed by atoms with van der Waals surface area (Å²) in [6, 6.07) is 4.37. The van der Waals surface area contributed by atoms with Gasteiger partial charge in [0, 0.05) is 19.0 Å². The first-order valence-corrected chi connectivity index (χ1v) is 8.82. The molecule has 0 N–H and O–H groups in total. The number of carbonyl (C=O) groups is 2. The third-order valence-electron chi connectivity index (χ3n) is 5.67. The molecule has 1 aliphatic heterocycles. The molecule has 2 heterocycles. The molecule has 4 rings (SSSR count). The Labute approximate surface area is 141 Å². The van der Waals surface area contributed by atoms with Crippen molar-refractivity contribution in [3.05, 3.63) is 29.6 Å². The predicted molar refractivity (Wildman–Crippen MR) is 91.9 cm³/mol. The topological polar surface area (TPSA) is 55.2 Å². The Hall–Kier alpha value is -2.17. The molecule has 1 atom stereocenters. The van der Waals surface area contributed by atoms with Crippen molar-refractivity contribution in [2.75, 3.05) is 6.54 Å². The van der Waals surface area contributed by atoms with Crippen molar-refractivity contribution in [2.24, 2.45) is 5.92 Å². The van der Waals surface area contributed by atoms with E-state index in [1.54, 1.807) is 10.9 Å². The van der Waals surface area contributed by atoms with Gasteiger partial charge < -0.3 is 4.90 Å². The molecule has 2 fully saturated rings. The fourth-order valence-corrected chi connectivity index (χ4v) is 4.10. The Morgan fingerprint density at radius 3 is 2.62 bits per heavy atom. The molecule has 0 spiro atoms. The number of rotatable bonds is 2. The number of benzene rings is 1. The minimum atomic E-state index is -0.253. The Bertz CT molecular complexity index is 817. The Kier molecular flexibility index (Phi) is 3.66. The molecule has 1 aromatic heterocycles. The summed E-state index contributed by atoms with van der Waals surface area (Å²) in [5.74, 6) is -0.122. The quantitative estimate of drug-likeness (QED) is 0.852. The first-order chi connectivity index (χ1) is 11.5. The fourth-order valence-electron chi connectivity index (χ4n) is 4.10. The van der Waals surface area contributed by atoms with Crippen molar-refractivity contribution in [3.63, 3.8) is 0 Å². The molecule has 1 aliphatic carbocycles. The maximum absolute atomic E-state index is 13.0. The molecule has 24 heavy (non-hydrogen) atoms. The van der Waals surface area contributed by atoms with Crippen LogP contribution in [0.3, 0.4) is 0 Å². The van der Waals surface area contributed by atoms with Gasteiger partial charge in [-0.05, 0) is 49.9 Å². The van der Waals surface area contributed by atoms with Gasteiger partial charge in [-0.2, -0.15) is 0 Å². The first-order valence-electron chi connectivity index (χ1n) is 8.82. The van der Waals surface area contributed by atoms with E-state index in [4.69, 9.17) is 0 Å². The van der Waals surface area contributed by atoms with Crippen molar-refractivity contribution in [1.29, 1.82) is 0 Å². The average Bonchev–Trinajstić information content (AvgIpc) is 3.26. The number of aromatic nitrogens is 2. The van der Waals surface area contributed by atoms with E-state index < -0.39 is 0 Å². The van der Waals surface area contributed by atoms with E-state index in [0.29, 0.717) is 19.0 Å². The molecule has 5 nitrogen and oxygen atoms in total. The SMILES string of the molecule is Cc1cc2ncn(C(=O)C3CC(=O)N(C4CCCC4)C3)c2cc1C. The number of imidazole rings is 1. The second kappa shape index (κ2) is 5.72. The molecule has 5 heteroatoms. The predicted octanol–water partition coefficient (Wildman–Crippen LogP) is 3.08. The van der Waals surface area contributed by atoms with Gasteiger partial charge in [0.1, 0.15) is 6.33 Å². The summed E-state index contributed by atoms with van der Waals surface area (Å²) in [7, 11) is 0. The van der Waals surface area contributed by atoms with Gasteiger partial charge in [0.2, 0.25) is 11.8 Å². The molecule has 1 amide bonds. The van der Waals surface area contributed by atoms with Crippen molar-refractivity contribution >= 4 is 22.8 Å². The standard InChI is InChI=1S/C19H23N3O2/c1-12-7-16-17(8-13(12)2)22(11-20-16)19(24)14-9-18(23)21(10-14)15-5-3-4-6-15/h7-8,11,14-15H,3-6,9-10H2,1-2H3. The van der Waals surface area contributed by atoms with Crippen LogP contribution in [0.1, 0.15) is 48.0 Å². The smallest absolute Gasteiger partial charge is 0.237 e.